The maximum Gasteiger partial charge on any atom is 0.230 e. The Morgan fingerprint density at radius 3 is 2.67 bits per heavy atom. The van der Waals surface area contributed by atoms with Crippen LogP contribution in [0, 0.1) is 19.7 Å². The van der Waals surface area contributed by atoms with Crippen molar-refractivity contribution in [2.24, 2.45) is 0 Å². The molecular formula is C23H25FN4OS. The van der Waals surface area contributed by atoms with Crippen LogP contribution in [0.3, 0.4) is 0 Å². The highest BCUT2D eigenvalue weighted by molar-refractivity contribution is 7.99. The summed E-state index contributed by atoms with van der Waals surface area (Å²) in [5, 5.41) is 12.2. The van der Waals surface area contributed by atoms with Crippen molar-refractivity contribution in [1.29, 1.82) is 0 Å². The Morgan fingerprint density at radius 2 is 1.97 bits per heavy atom. The van der Waals surface area contributed by atoms with Crippen LogP contribution in [0.2, 0.25) is 0 Å². The molecule has 3 aromatic rings. The predicted molar refractivity (Wildman–Crippen MR) is 117 cm³/mol. The van der Waals surface area contributed by atoms with E-state index in [2.05, 4.69) is 41.5 Å². The summed E-state index contributed by atoms with van der Waals surface area (Å²) in [5.74, 6) is 0.381. The summed E-state index contributed by atoms with van der Waals surface area (Å²) in [6.07, 6.45) is 2.03. The van der Waals surface area contributed by atoms with Crippen molar-refractivity contribution in [3.05, 3.63) is 65.0 Å². The van der Waals surface area contributed by atoms with Gasteiger partial charge < -0.3 is 5.32 Å². The molecule has 1 fully saturated rings. The number of aromatic nitrogens is 3. The van der Waals surface area contributed by atoms with Crippen LogP contribution in [0.5, 0.6) is 0 Å². The number of amides is 1. The van der Waals surface area contributed by atoms with Crippen molar-refractivity contribution >= 4 is 17.7 Å². The van der Waals surface area contributed by atoms with E-state index in [0.29, 0.717) is 16.5 Å². The summed E-state index contributed by atoms with van der Waals surface area (Å²) in [6, 6.07) is 13.0. The maximum absolute atomic E-state index is 14.3. The lowest BCUT2D eigenvalue weighted by molar-refractivity contribution is -0.119. The van der Waals surface area contributed by atoms with Gasteiger partial charge in [0.15, 0.2) is 11.0 Å². The van der Waals surface area contributed by atoms with E-state index >= 15 is 0 Å². The van der Waals surface area contributed by atoms with Gasteiger partial charge in [-0.3, -0.25) is 9.36 Å². The van der Waals surface area contributed by atoms with E-state index in [1.165, 1.54) is 29.0 Å². The van der Waals surface area contributed by atoms with Gasteiger partial charge in [-0.2, -0.15) is 0 Å². The molecule has 0 aliphatic heterocycles. The van der Waals surface area contributed by atoms with Crippen LogP contribution in [-0.4, -0.2) is 26.4 Å². The molecule has 2 aromatic carbocycles. The van der Waals surface area contributed by atoms with Gasteiger partial charge in [0.25, 0.3) is 0 Å². The molecule has 1 aromatic heterocycles. The van der Waals surface area contributed by atoms with E-state index in [1.807, 2.05) is 17.6 Å². The Bertz CT molecular complexity index is 1080. The number of benzene rings is 2. The third-order valence-corrected chi connectivity index (χ3v) is 6.38. The molecule has 0 spiro atoms. The summed E-state index contributed by atoms with van der Waals surface area (Å²) >= 11 is 1.34. The predicted octanol–water partition coefficient (Wildman–Crippen LogP) is 5.01. The van der Waals surface area contributed by atoms with Gasteiger partial charge in [-0.05, 0) is 62.4 Å². The first-order chi connectivity index (χ1) is 14.4. The van der Waals surface area contributed by atoms with Crippen LogP contribution in [0.1, 0.15) is 48.5 Å². The molecule has 1 amide bonds. The maximum atomic E-state index is 14.3. The average molecular weight is 425 g/mol. The minimum absolute atomic E-state index is 0.0662. The lowest BCUT2D eigenvalue weighted by atomic mass is 10.0. The molecule has 1 aliphatic rings. The van der Waals surface area contributed by atoms with Gasteiger partial charge in [0.2, 0.25) is 5.91 Å². The number of carbonyl (C=O) groups excluding carboxylic acids is 1. The van der Waals surface area contributed by atoms with Crippen LogP contribution < -0.4 is 5.32 Å². The van der Waals surface area contributed by atoms with E-state index < -0.39 is 0 Å². The number of aryl methyl sites for hydroxylation is 2. The fraction of sp³-hybridized carbons (Fsp3) is 0.348. The standard InChI is InChI=1S/C23H25FN4OS/c1-14-8-9-17(12-15(14)2)16(3)25-21(29)13-30-23-27-26-22(28(23)18-10-11-18)19-6-4-5-7-20(19)24/h4-9,12,16,18H,10-11,13H2,1-3H3,(H,25,29)/t16-/m0/s1. The van der Waals surface area contributed by atoms with Gasteiger partial charge in [0.05, 0.1) is 17.4 Å². The normalized spacial score (nSPS) is 14.5. The monoisotopic (exact) mass is 424 g/mol. The first-order valence-corrected chi connectivity index (χ1v) is 11.1. The zero-order valence-electron chi connectivity index (χ0n) is 17.4. The van der Waals surface area contributed by atoms with Crippen LogP contribution in [-0.2, 0) is 4.79 Å². The van der Waals surface area contributed by atoms with Crippen molar-refractivity contribution in [3.8, 4) is 11.4 Å². The molecule has 1 heterocycles. The van der Waals surface area contributed by atoms with Crippen molar-refractivity contribution in [2.75, 3.05) is 5.75 Å². The number of nitrogens with zero attached hydrogens (tertiary/aromatic N) is 3. The number of thioether (sulfide) groups is 1. The summed E-state index contributed by atoms with van der Waals surface area (Å²) in [6.45, 7) is 6.13. The van der Waals surface area contributed by atoms with Gasteiger partial charge in [0, 0.05) is 6.04 Å². The molecule has 0 unspecified atom stereocenters. The molecule has 1 saturated carbocycles. The summed E-state index contributed by atoms with van der Waals surface area (Å²) in [7, 11) is 0. The highest BCUT2D eigenvalue weighted by atomic mass is 32.2. The third kappa shape index (κ3) is 4.41. The lowest BCUT2D eigenvalue weighted by Gasteiger charge is -2.16. The Morgan fingerprint density at radius 1 is 1.20 bits per heavy atom. The lowest BCUT2D eigenvalue weighted by Crippen LogP contribution is -2.28. The van der Waals surface area contributed by atoms with E-state index in [1.54, 1.807) is 18.2 Å². The second kappa shape index (κ2) is 8.60. The van der Waals surface area contributed by atoms with Gasteiger partial charge in [-0.1, -0.05) is 42.1 Å². The average Bonchev–Trinajstić information content (AvgIpc) is 3.48. The Hall–Kier alpha value is -2.67. The number of rotatable bonds is 7. The van der Waals surface area contributed by atoms with Gasteiger partial charge >= 0.3 is 0 Å². The molecular weight excluding hydrogens is 399 g/mol. The van der Waals surface area contributed by atoms with E-state index in [4.69, 9.17) is 0 Å². The van der Waals surface area contributed by atoms with E-state index in [9.17, 15) is 9.18 Å². The first kappa shape index (κ1) is 20.6. The van der Waals surface area contributed by atoms with Gasteiger partial charge in [-0.25, -0.2) is 4.39 Å². The zero-order valence-corrected chi connectivity index (χ0v) is 18.2. The highest BCUT2D eigenvalue weighted by Gasteiger charge is 2.31. The molecule has 4 rings (SSSR count). The Labute approximate surface area is 180 Å². The second-order valence-electron chi connectivity index (χ2n) is 7.81. The quantitative estimate of drug-likeness (QED) is 0.542. The fourth-order valence-electron chi connectivity index (χ4n) is 3.39. The highest BCUT2D eigenvalue weighted by Crippen LogP contribution is 2.41. The van der Waals surface area contributed by atoms with Crippen LogP contribution in [0.15, 0.2) is 47.6 Å². The zero-order chi connectivity index (χ0) is 21.3. The van der Waals surface area contributed by atoms with E-state index in [0.717, 1.165) is 18.4 Å². The molecule has 1 atom stereocenters. The third-order valence-electron chi connectivity index (χ3n) is 5.43. The molecule has 156 valence electrons. The van der Waals surface area contributed by atoms with Crippen LogP contribution >= 0.6 is 11.8 Å². The topological polar surface area (TPSA) is 59.8 Å². The number of carbonyl (C=O) groups is 1. The smallest absolute Gasteiger partial charge is 0.230 e. The number of hydrogen-bond acceptors (Lipinski definition) is 4. The fourth-order valence-corrected chi connectivity index (χ4v) is 4.21. The van der Waals surface area contributed by atoms with Crippen molar-refractivity contribution in [2.45, 2.75) is 50.9 Å². The number of hydrogen-bond donors (Lipinski definition) is 1. The van der Waals surface area contributed by atoms with Gasteiger partial charge in [-0.15, -0.1) is 10.2 Å². The van der Waals surface area contributed by atoms with Gasteiger partial charge in [0.1, 0.15) is 5.82 Å². The molecule has 5 nitrogen and oxygen atoms in total. The molecule has 7 heteroatoms. The minimum atomic E-state index is -0.316. The minimum Gasteiger partial charge on any atom is -0.349 e. The number of nitrogens with one attached hydrogen (secondary N) is 1. The number of halogens is 1. The van der Waals surface area contributed by atoms with E-state index in [-0.39, 0.29) is 29.6 Å². The summed E-state index contributed by atoms with van der Waals surface area (Å²) < 4.78 is 16.2. The summed E-state index contributed by atoms with van der Waals surface area (Å²) in [4.78, 5) is 12.5. The molecule has 30 heavy (non-hydrogen) atoms. The summed E-state index contributed by atoms with van der Waals surface area (Å²) in [5.41, 5.74) is 3.97. The molecule has 1 aliphatic carbocycles. The van der Waals surface area contributed by atoms with Crippen molar-refractivity contribution < 1.29 is 9.18 Å². The second-order valence-corrected chi connectivity index (χ2v) is 8.75. The van der Waals surface area contributed by atoms with Crippen molar-refractivity contribution in [3.63, 3.8) is 0 Å². The van der Waals surface area contributed by atoms with Crippen LogP contribution in [0.25, 0.3) is 11.4 Å². The first-order valence-electron chi connectivity index (χ1n) is 10.1. The molecule has 1 N–H and O–H groups in total. The van der Waals surface area contributed by atoms with Crippen LogP contribution in [0.4, 0.5) is 4.39 Å². The van der Waals surface area contributed by atoms with Crippen molar-refractivity contribution in [1.82, 2.24) is 20.1 Å². The SMILES string of the molecule is Cc1ccc([C@H](C)NC(=O)CSc2nnc(-c3ccccc3F)n2C2CC2)cc1C. The Balaban J connectivity index is 1.44. The largest absolute Gasteiger partial charge is 0.349 e. The molecule has 0 bridgehead atoms. The Kier molecular flexibility index (Phi) is 5.90. The molecule has 0 saturated heterocycles. The molecule has 0 radical (unpaired) electrons.